The predicted octanol–water partition coefficient (Wildman–Crippen LogP) is 3.02. The van der Waals surface area contributed by atoms with Gasteiger partial charge in [-0.3, -0.25) is 13.8 Å². The lowest BCUT2D eigenvalue weighted by Gasteiger charge is -2.28. The molecule has 9 nitrogen and oxygen atoms in total. The van der Waals surface area contributed by atoms with E-state index in [2.05, 4.69) is 15.3 Å². The number of imidazole rings is 1. The van der Waals surface area contributed by atoms with Crippen LogP contribution in [-0.4, -0.2) is 35.6 Å². The average molecular weight is 417 g/mol. The Hall–Kier alpha value is -3.51. The fourth-order valence-corrected chi connectivity index (χ4v) is 4.58. The van der Waals surface area contributed by atoms with Gasteiger partial charge in [0.05, 0.1) is 16.7 Å². The van der Waals surface area contributed by atoms with Gasteiger partial charge in [0.25, 0.3) is 5.56 Å². The van der Waals surface area contributed by atoms with Gasteiger partial charge in [0.2, 0.25) is 6.19 Å². The number of nitriles is 1. The second-order valence-corrected chi connectivity index (χ2v) is 9.12. The molecule has 1 atom stereocenters. The van der Waals surface area contributed by atoms with Gasteiger partial charge >= 0.3 is 0 Å². The van der Waals surface area contributed by atoms with Crippen molar-refractivity contribution in [1.82, 2.24) is 28.9 Å². The highest BCUT2D eigenvalue weighted by Gasteiger charge is 2.36. The Morgan fingerprint density at radius 1 is 1.19 bits per heavy atom. The summed E-state index contributed by atoms with van der Waals surface area (Å²) in [4.78, 5) is 18.5. The third-order valence-electron chi connectivity index (χ3n) is 5.93. The van der Waals surface area contributed by atoms with Gasteiger partial charge in [-0.15, -0.1) is 9.78 Å². The second-order valence-electron chi connectivity index (χ2n) is 9.12. The van der Waals surface area contributed by atoms with E-state index in [4.69, 9.17) is 4.74 Å². The van der Waals surface area contributed by atoms with E-state index < -0.39 is 11.1 Å². The Morgan fingerprint density at radius 3 is 2.58 bits per heavy atom. The molecule has 1 fully saturated rings. The van der Waals surface area contributed by atoms with Crippen LogP contribution in [0.4, 0.5) is 0 Å². The number of para-hydroxylation sites is 2. The smallest absolute Gasteiger partial charge is 0.280 e. The largest absolute Gasteiger partial charge is 0.355 e. The highest BCUT2D eigenvalue weighted by molar-refractivity contribution is 5.85. The molecule has 4 heterocycles. The lowest BCUT2D eigenvalue weighted by Crippen LogP contribution is -2.39. The minimum Gasteiger partial charge on any atom is -0.355 e. The first-order chi connectivity index (χ1) is 14.8. The molecule has 3 aromatic heterocycles. The first-order valence-electron chi connectivity index (χ1n) is 10.3. The quantitative estimate of drug-likeness (QED) is 0.497. The molecule has 31 heavy (non-hydrogen) atoms. The minimum absolute atomic E-state index is 0.207. The van der Waals surface area contributed by atoms with E-state index in [0.29, 0.717) is 29.2 Å². The van der Waals surface area contributed by atoms with Crippen molar-refractivity contribution in [2.45, 2.75) is 51.7 Å². The van der Waals surface area contributed by atoms with Crippen LogP contribution in [0.2, 0.25) is 0 Å². The van der Waals surface area contributed by atoms with E-state index in [0.717, 1.165) is 23.9 Å². The molecule has 1 aliphatic rings. The van der Waals surface area contributed by atoms with Crippen LogP contribution in [0.15, 0.2) is 35.4 Å². The van der Waals surface area contributed by atoms with Crippen molar-refractivity contribution in [3.05, 3.63) is 46.6 Å². The molecule has 0 N–H and O–H groups in total. The third-order valence-corrected chi connectivity index (χ3v) is 5.93. The van der Waals surface area contributed by atoms with Crippen molar-refractivity contribution in [3.8, 4) is 17.6 Å². The molecular weight excluding hydrogens is 394 g/mol. The zero-order valence-electron chi connectivity index (χ0n) is 18.0. The van der Waals surface area contributed by atoms with Crippen LogP contribution >= 0.6 is 0 Å². The summed E-state index contributed by atoms with van der Waals surface area (Å²) in [7, 11) is 0. The number of benzene rings is 1. The van der Waals surface area contributed by atoms with E-state index in [1.807, 2.05) is 58.2 Å². The third kappa shape index (κ3) is 2.72. The molecule has 4 aromatic rings. The first kappa shape index (κ1) is 19.5. The van der Waals surface area contributed by atoms with Crippen molar-refractivity contribution in [3.63, 3.8) is 0 Å². The van der Waals surface area contributed by atoms with Gasteiger partial charge in [0, 0.05) is 12.0 Å². The van der Waals surface area contributed by atoms with Crippen molar-refractivity contribution < 1.29 is 4.74 Å². The number of ether oxygens (including phenoxy) is 1. The lowest BCUT2D eigenvalue weighted by molar-refractivity contribution is -0.0447. The molecule has 0 aliphatic carbocycles. The zero-order chi connectivity index (χ0) is 22.0. The van der Waals surface area contributed by atoms with Gasteiger partial charge in [0.1, 0.15) is 29.0 Å². The Balaban J connectivity index is 1.92. The van der Waals surface area contributed by atoms with Crippen LogP contribution < -0.4 is 5.56 Å². The Labute approximate surface area is 178 Å². The standard InChI is InChI=1S/C22H23N7O2/c1-21(2,3)19-17(25-26-28(19)12-23)16-18-20(30)29(22(4)10-7-11-31-22)15-9-6-5-8-14(15)27(18)13-24-16/h5-6,8-9,13H,7,10-11H2,1-4H3. The number of aromatic nitrogens is 6. The van der Waals surface area contributed by atoms with E-state index >= 15 is 0 Å². The molecular formula is C22H23N7O2. The van der Waals surface area contributed by atoms with E-state index in [1.54, 1.807) is 15.3 Å². The summed E-state index contributed by atoms with van der Waals surface area (Å²) in [5.41, 5.74) is 2.11. The van der Waals surface area contributed by atoms with Crippen LogP contribution in [0.5, 0.6) is 0 Å². The summed E-state index contributed by atoms with van der Waals surface area (Å²) < 4.78 is 10.8. The van der Waals surface area contributed by atoms with E-state index in [-0.39, 0.29) is 5.56 Å². The maximum Gasteiger partial charge on any atom is 0.280 e. The maximum atomic E-state index is 13.9. The lowest BCUT2D eigenvalue weighted by atomic mass is 9.89. The molecule has 158 valence electrons. The molecule has 1 aliphatic heterocycles. The van der Waals surface area contributed by atoms with Crippen molar-refractivity contribution in [1.29, 1.82) is 5.26 Å². The van der Waals surface area contributed by atoms with Gasteiger partial charge in [-0.1, -0.05) is 38.1 Å². The van der Waals surface area contributed by atoms with E-state index in [9.17, 15) is 10.1 Å². The number of fused-ring (bicyclic) bond motifs is 3. The SMILES string of the molecule is CC(C)(C)c1c(-c2ncn3c2c(=O)n(C2(C)CCCO2)c2ccccc23)nnn1C#N. The second kappa shape index (κ2) is 6.49. The monoisotopic (exact) mass is 417 g/mol. The van der Waals surface area contributed by atoms with Crippen LogP contribution in [-0.2, 0) is 15.9 Å². The fraction of sp³-hybridized carbons (Fsp3) is 0.409. The van der Waals surface area contributed by atoms with Crippen LogP contribution in [0.3, 0.4) is 0 Å². The average Bonchev–Trinajstić information content (AvgIpc) is 3.45. The van der Waals surface area contributed by atoms with Crippen LogP contribution in [0, 0.1) is 11.5 Å². The van der Waals surface area contributed by atoms with Gasteiger partial charge in [-0.25, -0.2) is 4.98 Å². The summed E-state index contributed by atoms with van der Waals surface area (Å²) in [6, 6.07) is 7.73. The molecule has 0 radical (unpaired) electrons. The fourth-order valence-electron chi connectivity index (χ4n) is 4.58. The Morgan fingerprint density at radius 2 is 1.94 bits per heavy atom. The van der Waals surface area contributed by atoms with Gasteiger partial charge in [-0.2, -0.15) is 5.26 Å². The van der Waals surface area contributed by atoms with Gasteiger partial charge in [-0.05, 0) is 31.9 Å². The molecule has 1 aromatic carbocycles. The molecule has 9 heteroatoms. The normalized spacial score (nSPS) is 19.3. The van der Waals surface area contributed by atoms with Crippen molar-refractivity contribution >= 4 is 16.6 Å². The number of hydrogen-bond donors (Lipinski definition) is 0. The molecule has 0 amide bonds. The number of nitrogens with zero attached hydrogens (tertiary/aromatic N) is 7. The molecule has 1 saturated heterocycles. The topological polar surface area (TPSA) is 103 Å². The Bertz CT molecular complexity index is 1420. The van der Waals surface area contributed by atoms with Crippen LogP contribution in [0.1, 0.15) is 46.2 Å². The molecule has 0 spiro atoms. The molecule has 0 saturated carbocycles. The molecule has 1 unspecified atom stereocenters. The maximum absolute atomic E-state index is 13.9. The minimum atomic E-state index is -0.739. The van der Waals surface area contributed by atoms with E-state index in [1.165, 1.54) is 4.68 Å². The van der Waals surface area contributed by atoms with Crippen molar-refractivity contribution in [2.75, 3.05) is 6.61 Å². The zero-order valence-corrected chi connectivity index (χ0v) is 18.0. The van der Waals surface area contributed by atoms with Gasteiger partial charge < -0.3 is 4.74 Å². The Kier molecular flexibility index (Phi) is 4.07. The summed E-state index contributed by atoms with van der Waals surface area (Å²) in [6.07, 6.45) is 5.31. The van der Waals surface area contributed by atoms with Gasteiger partial charge in [0.15, 0.2) is 0 Å². The predicted molar refractivity (Wildman–Crippen MR) is 115 cm³/mol. The summed E-state index contributed by atoms with van der Waals surface area (Å²) in [6.45, 7) is 8.49. The van der Waals surface area contributed by atoms with Crippen LogP contribution in [0.25, 0.3) is 27.9 Å². The summed E-state index contributed by atoms with van der Waals surface area (Å²) in [5, 5.41) is 17.8. The summed E-state index contributed by atoms with van der Waals surface area (Å²) in [5.74, 6) is 0. The number of rotatable bonds is 2. The first-order valence-corrected chi connectivity index (χ1v) is 10.3. The molecule has 5 rings (SSSR count). The highest BCUT2D eigenvalue weighted by Crippen LogP contribution is 2.35. The highest BCUT2D eigenvalue weighted by atomic mass is 16.5. The molecule has 0 bridgehead atoms. The summed E-state index contributed by atoms with van der Waals surface area (Å²) >= 11 is 0. The number of hydrogen-bond acceptors (Lipinski definition) is 6. The van der Waals surface area contributed by atoms with Crippen molar-refractivity contribution in [2.24, 2.45) is 0 Å².